The molecule has 0 unspecified atom stereocenters. The molecule has 3 rings (SSSR count). The summed E-state index contributed by atoms with van der Waals surface area (Å²) in [6, 6.07) is 4.29. The summed E-state index contributed by atoms with van der Waals surface area (Å²) in [5, 5.41) is 30.7. The van der Waals surface area contributed by atoms with Crippen LogP contribution in [0.3, 0.4) is 0 Å². The van der Waals surface area contributed by atoms with E-state index in [1.807, 2.05) is 0 Å². The lowest BCUT2D eigenvalue weighted by molar-refractivity contribution is 0.305. The summed E-state index contributed by atoms with van der Waals surface area (Å²) in [6.45, 7) is 1.95. The van der Waals surface area contributed by atoms with Crippen molar-refractivity contribution in [2.24, 2.45) is 10.3 Å². The van der Waals surface area contributed by atoms with Crippen molar-refractivity contribution in [1.82, 2.24) is 15.0 Å². The van der Waals surface area contributed by atoms with Crippen LogP contribution in [0.25, 0.3) is 0 Å². The van der Waals surface area contributed by atoms with Crippen molar-refractivity contribution in [2.45, 2.75) is 31.7 Å². The van der Waals surface area contributed by atoms with Crippen molar-refractivity contribution in [3.05, 3.63) is 35.3 Å². The van der Waals surface area contributed by atoms with E-state index in [1.54, 1.807) is 6.92 Å². The normalized spacial score (nSPS) is 16.0. The monoisotopic (exact) mass is 413 g/mol. The molecule has 1 saturated carbocycles. The number of anilines is 2. The Morgan fingerprint density at radius 2 is 2.18 bits per heavy atom. The van der Waals surface area contributed by atoms with Gasteiger partial charge in [0.2, 0.25) is 11.7 Å². The molecule has 28 heavy (non-hydrogen) atoms. The third-order valence-electron chi connectivity index (χ3n) is 4.34. The Morgan fingerprint density at radius 1 is 1.43 bits per heavy atom. The maximum atomic E-state index is 13.4. The van der Waals surface area contributed by atoms with Crippen LogP contribution in [-0.4, -0.2) is 41.9 Å². The molecule has 11 nitrogen and oxygen atoms in total. The van der Waals surface area contributed by atoms with E-state index in [1.165, 1.54) is 18.2 Å². The molecule has 1 aliphatic rings. The molecule has 0 radical (unpaired) electrons. The minimum atomic E-state index is -3.78. The molecule has 1 fully saturated rings. The van der Waals surface area contributed by atoms with E-state index in [0.717, 1.165) is 0 Å². The fourth-order valence-corrected chi connectivity index (χ4v) is 3.64. The van der Waals surface area contributed by atoms with Gasteiger partial charge in [-0.05, 0) is 60.3 Å². The Morgan fingerprint density at radius 3 is 2.79 bits per heavy atom. The Bertz CT molecular complexity index is 988. The summed E-state index contributed by atoms with van der Waals surface area (Å²) in [4.78, 5) is 0. The Hall–Kier alpha value is -2.77. The third-order valence-corrected chi connectivity index (χ3v) is 5.06. The molecule has 0 saturated heterocycles. The third kappa shape index (κ3) is 4.94. The molecule has 152 valence electrons. The number of nitrogens with zero attached hydrogens (tertiary/aromatic N) is 3. The first-order valence-electron chi connectivity index (χ1n) is 8.35. The van der Waals surface area contributed by atoms with Crippen molar-refractivity contribution in [1.29, 1.82) is 0 Å². The van der Waals surface area contributed by atoms with E-state index >= 15 is 0 Å². The lowest BCUT2D eigenvalue weighted by Gasteiger charge is -2.15. The zero-order chi connectivity index (χ0) is 20.4. The second-order valence-electron chi connectivity index (χ2n) is 6.60. The standard InChI is InChI=1S/C15H20FN7O4S/c1-9-8-10(2-3-11(9)16)19-14(20-24)12-13(22-27-21-12)18-7-6-15(4-5-15)23-28(17,25)26/h2-3,8,23-24H,4-7H2,1H3,(H,18,22)(H,19,20)(H2,17,25,26). The van der Waals surface area contributed by atoms with Crippen LogP contribution >= 0.6 is 0 Å². The van der Waals surface area contributed by atoms with Gasteiger partial charge < -0.3 is 15.8 Å². The predicted molar refractivity (Wildman–Crippen MR) is 98.7 cm³/mol. The second-order valence-corrected chi connectivity index (χ2v) is 7.90. The van der Waals surface area contributed by atoms with Gasteiger partial charge >= 0.3 is 0 Å². The van der Waals surface area contributed by atoms with Gasteiger partial charge in [0, 0.05) is 17.8 Å². The molecule has 2 aromatic rings. The van der Waals surface area contributed by atoms with Gasteiger partial charge in [0.25, 0.3) is 10.2 Å². The van der Waals surface area contributed by atoms with E-state index < -0.39 is 15.7 Å². The molecule has 13 heteroatoms. The van der Waals surface area contributed by atoms with Crippen molar-refractivity contribution in [3.8, 4) is 0 Å². The zero-order valence-corrected chi connectivity index (χ0v) is 15.8. The number of rotatable bonds is 8. The molecule has 0 amide bonds. The first kappa shape index (κ1) is 20.0. The van der Waals surface area contributed by atoms with E-state index in [4.69, 9.17) is 9.77 Å². The highest BCUT2D eigenvalue weighted by Gasteiger charge is 2.44. The van der Waals surface area contributed by atoms with Gasteiger partial charge in [0.1, 0.15) is 5.82 Å². The van der Waals surface area contributed by atoms with Gasteiger partial charge in [-0.3, -0.25) is 0 Å². The number of halogens is 1. The van der Waals surface area contributed by atoms with Crippen LogP contribution in [0.15, 0.2) is 28.0 Å². The average molecular weight is 413 g/mol. The van der Waals surface area contributed by atoms with Crippen molar-refractivity contribution < 1.29 is 22.6 Å². The predicted octanol–water partition coefficient (Wildman–Crippen LogP) is 0.893. The van der Waals surface area contributed by atoms with Crippen molar-refractivity contribution >= 4 is 27.6 Å². The van der Waals surface area contributed by atoms with Crippen molar-refractivity contribution in [3.63, 3.8) is 0 Å². The second kappa shape index (κ2) is 7.69. The Balaban J connectivity index is 1.64. The summed E-state index contributed by atoms with van der Waals surface area (Å²) in [5.74, 6) is -0.218. The molecular formula is C15H20FN7O4S. The van der Waals surface area contributed by atoms with Crippen LogP contribution in [0, 0.1) is 12.7 Å². The number of aryl methyl sites for hydroxylation is 1. The number of benzene rings is 1. The quantitative estimate of drug-likeness (QED) is 0.184. The molecule has 6 N–H and O–H groups in total. The summed E-state index contributed by atoms with van der Waals surface area (Å²) in [5.41, 5.74) is 0.440. The van der Waals surface area contributed by atoms with E-state index in [2.05, 4.69) is 30.8 Å². The lowest BCUT2D eigenvalue weighted by atomic mass is 10.2. The van der Waals surface area contributed by atoms with Crippen LogP contribution in [0.1, 0.15) is 30.5 Å². The summed E-state index contributed by atoms with van der Waals surface area (Å²) in [6.07, 6.45) is 1.83. The first-order valence-corrected chi connectivity index (χ1v) is 9.90. The SMILES string of the molecule is Cc1cc(NC(=NO)c2nonc2NCCC2(NS(N)(=O)=O)CC2)ccc1F. The number of hydrogen-bond donors (Lipinski definition) is 5. The fraction of sp³-hybridized carbons (Fsp3) is 0.400. The molecule has 1 aromatic carbocycles. The summed E-state index contributed by atoms with van der Waals surface area (Å²) >= 11 is 0. The molecule has 0 aliphatic heterocycles. The minimum absolute atomic E-state index is 0.0569. The zero-order valence-electron chi connectivity index (χ0n) is 14.9. The molecule has 0 spiro atoms. The summed E-state index contributed by atoms with van der Waals surface area (Å²) < 4.78 is 42.9. The molecule has 0 atom stereocenters. The molecule has 1 aromatic heterocycles. The maximum Gasteiger partial charge on any atom is 0.274 e. The smallest absolute Gasteiger partial charge is 0.274 e. The van der Waals surface area contributed by atoms with Crippen LogP contribution in [0.2, 0.25) is 0 Å². The summed E-state index contributed by atoms with van der Waals surface area (Å²) in [7, 11) is -3.78. The minimum Gasteiger partial charge on any atom is -0.409 e. The van der Waals surface area contributed by atoms with E-state index in [9.17, 15) is 18.0 Å². The van der Waals surface area contributed by atoms with Crippen LogP contribution in [-0.2, 0) is 10.2 Å². The highest BCUT2D eigenvalue weighted by molar-refractivity contribution is 7.87. The maximum absolute atomic E-state index is 13.4. The molecular weight excluding hydrogens is 393 g/mol. The number of aromatic nitrogens is 2. The highest BCUT2D eigenvalue weighted by atomic mass is 32.2. The van der Waals surface area contributed by atoms with Gasteiger partial charge in [-0.15, -0.1) is 0 Å². The first-order chi connectivity index (χ1) is 13.2. The van der Waals surface area contributed by atoms with Gasteiger partial charge in [0.15, 0.2) is 5.69 Å². The molecule has 1 heterocycles. The van der Waals surface area contributed by atoms with Gasteiger partial charge in [-0.1, -0.05) is 5.16 Å². The van der Waals surface area contributed by atoms with Gasteiger partial charge in [-0.2, -0.15) is 13.1 Å². The van der Waals surface area contributed by atoms with Gasteiger partial charge in [-0.25, -0.2) is 14.2 Å². The van der Waals surface area contributed by atoms with E-state index in [-0.39, 0.29) is 23.2 Å². The largest absolute Gasteiger partial charge is 0.409 e. The van der Waals surface area contributed by atoms with E-state index in [0.29, 0.717) is 37.1 Å². The molecule has 1 aliphatic carbocycles. The topological polar surface area (TPSA) is 168 Å². The lowest BCUT2D eigenvalue weighted by Crippen LogP contribution is -2.42. The molecule has 0 bridgehead atoms. The average Bonchev–Trinajstić information content (AvgIpc) is 3.19. The highest BCUT2D eigenvalue weighted by Crippen LogP contribution is 2.39. The van der Waals surface area contributed by atoms with Crippen LogP contribution < -0.4 is 20.5 Å². The number of nitrogens with two attached hydrogens (primary N) is 1. The number of oxime groups is 1. The van der Waals surface area contributed by atoms with Crippen molar-refractivity contribution in [2.75, 3.05) is 17.2 Å². The number of nitrogens with one attached hydrogen (secondary N) is 3. The Labute approximate surface area is 160 Å². The van der Waals surface area contributed by atoms with Gasteiger partial charge in [0.05, 0.1) is 0 Å². The Kier molecular flexibility index (Phi) is 5.49. The number of amidine groups is 1. The fourth-order valence-electron chi connectivity index (χ4n) is 2.73. The number of hydrogen-bond acceptors (Lipinski definition) is 8. The van der Waals surface area contributed by atoms with Crippen LogP contribution in [0.5, 0.6) is 0 Å². The van der Waals surface area contributed by atoms with Crippen LogP contribution in [0.4, 0.5) is 15.9 Å².